The number of ether oxygens (including phenoxy) is 1. The summed E-state index contributed by atoms with van der Waals surface area (Å²) in [7, 11) is 1.70. The fourth-order valence-electron chi connectivity index (χ4n) is 1.48. The quantitative estimate of drug-likeness (QED) is 0.629. The Bertz CT molecular complexity index is 520. The third kappa shape index (κ3) is 2.25. The van der Waals surface area contributed by atoms with E-state index in [0.29, 0.717) is 10.2 Å². The number of aryl methyl sites for hydroxylation is 1. The van der Waals surface area contributed by atoms with Crippen molar-refractivity contribution in [3.63, 3.8) is 0 Å². The third-order valence-corrected chi connectivity index (χ3v) is 2.59. The van der Waals surface area contributed by atoms with Gasteiger partial charge in [-0.05, 0) is 12.8 Å². The molecule has 6 nitrogen and oxygen atoms in total. The summed E-state index contributed by atoms with van der Waals surface area (Å²) < 4.78 is 7.28. The summed E-state index contributed by atoms with van der Waals surface area (Å²) in [4.78, 5) is 6.96. The number of hydrogen-bond acceptors (Lipinski definition) is 5. The maximum Gasteiger partial charge on any atom is 0.166 e. The van der Waals surface area contributed by atoms with Gasteiger partial charge in [0.1, 0.15) is 0 Å². The summed E-state index contributed by atoms with van der Waals surface area (Å²) in [5.41, 5.74) is 1.49. The van der Waals surface area contributed by atoms with Crippen molar-refractivity contribution in [1.82, 2.24) is 25.0 Å². The van der Waals surface area contributed by atoms with E-state index in [1.807, 2.05) is 4.68 Å². The average molecular weight is 239 g/mol. The van der Waals surface area contributed by atoms with Crippen LogP contribution in [0.1, 0.15) is 12.8 Å². The van der Waals surface area contributed by atoms with Crippen LogP contribution in [-0.2, 0) is 11.3 Å². The average Bonchev–Trinajstić information content (AvgIpc) is 2.70. The van der Waals surface area contributed by atoms with Gasteiger partial charge >= 0.3 is 0 Å². The van der Waals surface area contributed by atoms with Gasteiger partial charge in [-0.3, -0.25) is 0 Å². The lowest BCUT2D eigenvalue weighted by Gasteiger charge is -2.01. The van der Waals surface area contributed by atoms with E-state index in [1.165, 1.54) is 0 Å². The van der Waals surface area contributed by atoms with Crippen LogP contribution in [-0.4, -0.2) is 38.7 Å². The van der Waals surface area contributed by atoms with E-state index in [2.05, 4.69) is 20.3 Å². The molecule has 2 rings (SSSR count). The smallest absolute Gasteiger partial charge is 0.166 e. The number of rotatable bonds is 5. The van der Waals surface area contributed by atoms with E-state index in [4.69, 9.17) is 17.0 Å². The Morgan fingerprint density at radius 3 is 3.19 bits per heavy atom. The Morgan fingerprint density at radius 1 is 1.50 bits per heavy atom. The van der Waals surface area contributed by atoms with Crippen LogP contribution in [0, 0.1) is 4.64 Å². The van der Waals surface area contributed by atoms with Crippen LogP contribution < -0.4 is 0 Å². The second-order valence-electron chi connectivity index (χ2n) is 3.42. The van der Waals surface area contributed by atoms with Crippen LogP contribution in [0.5, 0.6) is 0 Å². The molecule has 0 atom stereocenters. The predicted molar refractivity (Wildman–Crippen MR) is 61.6 cm³/mol. The third-order valence-electron chi connectivity index (χ3n) is 2.29. The molecule has 0 saturated carbocycles. The van der Waals surface area contributed by atoms with Crippen LogP contribution in [0.2, 0.25) is 0 Å². The molecule has 86 valence electrons. The number of nitrogens with one attached hydrogen (secondary N) is 1. The summed E-state index contributed by atoms with van der Waals surface area (Å²) in [6, 6.07) is 0. The molecule has 0 radical (unpaired) electrons. The number of nitrogens with zero attached hydrogens (tertiary/aromatic N) is 4. The summed E-state index contributed by atoms with van der Waals surface area (Å²) in [6.07, 6.45) is 3.57. The Morgan fingerprint density at radius 2 is 2.38 bits per heavy atom. The molecule has 0 bridgehead atoms. The summed E-state index contributed by atoms with van der Waals surface area (Å²) >= 11 is 5.05. The highest BCUT2D eigenvalue weighted by Crippen LogP contribution is 2.08. The van der Waals surface area contributed by atoms with Gasteiger partial charge in [-0.1, -0.05) is 17.4 Å². The van der Waals surface area contributed by atoms with Crippen LogP contribution >= 0.6 is 12.2 Å². The molecule has 0 aliphatic carbocycles. The minimum absolute atomic E-state index is 0.483. The molecule has 2 heterocycles. The van der Waals surface area contributed by atoms with Gasteiger partial charge in [0.2, 0.25) is 0 Å². The minimum Gasteiger partial charge on any atom is -0.385 e. The zero-order chi connectivity index (χ0) is 11.4. The number of unbranched alkanes of at least 4 members (excludes halogenated alkanes) is 1. The van der Waals surface area contributed by atoms with Crippen molar-refractivity contribution in [3.05, 3.63) is 11.0 Å². The molecule has 0 amide bonds. The number of aromatic nitrogens is 5. The first kappa shape index (κ1) is 11.2. The fourth-order valence-corrected chi connectivity index (χ4v) is 1.67. The normalized spacial score (nSPS) is 11.1. The van der Waals surface area contributed by atoms with Gasteiger partial charge < -0.3 is 9.72 Å². The first-order valence-corrected chi connectivity index (χ1v) is 5.49. The molecule has 0 fully saturated rings. The Labute approximate surface area is 97.6 Å². The molecule has 0 aliphatic rings. The maximum absolute atomic E-state index is 5.05. The van der Waals surface area contributed by atoms with E-state index in [0.717, 1.165) is 31.6 Å². The SMILES string of the molecule is COCCCCn1nnc2c(=S)nc[nH]c21. The van der Waals surface area contributed by atoms with Gasteiger partial charge in [-0.25, -0.2) is 9.67 Å². The van der Waals surface area contributed by atoms with Crippen molar-refractivity contribution in [1.29, 1.82) is 0 Å². The molecule has 7 heteroatoms. The van der Waals surface area contributed by atoms with Crippen molar-refractivity contribution < 1.29 is 4.74 Å². The predicted octanol–water partition coefficient (Wildman–Crippen LogP) is 1.31. The highest BCUT2D eigenvalue weighted by atomic mass is 32.1. The van der Waals surface area contributed by atoms with E-state index < -0.39 is 0 Å². The highest BCUT2D eigenvalue weighted by molar-refractivity contribution is 7.71. The largest absolute Gasteiger partial charge is 0.385 e. The van der Waals surface area contributed by atoms with Crippen molar-refractivity contribution in [2.45, 2.75) is 19.4 Å². The van der Waals surface area contributed by atoms with E-state index >= 15 is 0 Å². The van der Waals surface area contributed by atoms with Crippen molar-refractivity contribution >= 4 is 23.4 Å². The molecular weight excluding hydrogens is 226 g/mol. The molecule has 0 aliphatic heterocycles. The number of H-pyrrole nitrogens is 1. The van der Waals surface area contributed by atoms with Crippen LogP contribution in [0.4, 0.5) is 0 Å². The summed E-state index contributed by atoms with van der Waals surface area (Å²) in [5, 5.41) is 8.04. The Balaban J connectivity index is 2.13. The topological polar surface area (TPSA) is 68.6 Å². The highest BCUT2D eigenvalue weighted by Gasteiger charge is 2.05. The van der Waals surface area contributed by atoms with Crippen molar-refractivity contribution in [2.75, 3.05) is 13.7 Å². The van der Waals surface area contributed by atoms with Crippen molar-refractivity contribution in [2.24, 2.45) is 0 Å². The van der Waals surface area contributed by atoms with E-state index in [-0.39, 0.29) is 0 Å². The minimum atomic E-state index is 0.483. The second kappa shape index (κ2) is 5.13. The number of aromatic amines is 1. The zero-order valence-corrected chi connectivity index (χ0v) is 9.83. The van der Waals surface area contributed by atoms with Crippen LogP contribution in [0.3, 0.4) is 0 Å². The number of methoxy groups -OCH3 is 1. The monoisotopic (exact) mass is 239 g/mol. The zero-order valence-electron chi connectivity index (χ0n) is 9.01. The molecule has 2 aromatic rings. The van der Waals surface area contributed by atoms with Gasteiger partial charge in [0.25, 0.3) is 0 Å². The van der Waals surface area contributed by atoms with Gasteiger partial charge in [0, 0.05) is 20.3 Å². The standard InChI is InChI=1S/C9H13N5OS/c1-15-5-3-2-4-14-8-7(12-13-14)9(16)11-6-10-8/h6H,2-5H2,1H3,(H,10,11,16). The molecule has 0 saturated heterocycles. The van der Waals surface area contributed by atoms with E-state index in [1.54, 1.807) is 13.4 Å². The van der Waals surface area contributed by atoms with Gasteiger partial charge in [0.15, 0.2) is 15.8 Å². The molecule has 2 aromatic heterocycles. The van der Waals surface area contributed by atoms with E-state index in [9.17, 15) is 0 Å². The lowest BCUT2D eigenvalue weighted by Crippen LogP contribution is -2.02. The molecule has 0 spiro atoms. The number of fused-ring (bicyclic) bond motifs is 1. The fraction of sp³-hybridized carbons (Fsp3) is 0.556. The molecular formula is C9H13N5OS. The van der Waals surface area contributed by atoms with Gasteiger partial charge in [-0.15, -0.1) is 5.10 Å². The van der Waals surface area contributed by atoms with Gasteiger partial charge in [0.05, 0.1) is 6.33 Å². The lowest BCUT2D eigenvalue weighted by atomic mass is 10.3. The van der Waals surface area contributed by atoms with Crippen molar-refractivity contribution in [3.8, 4) is 0 Å². The first-order chi connectivity index (χ1) is 7.83. The molecule has 16 heavy (non-hydrogen) atoms. The lowest BCUT2D eigenvalue weighted by molar-refractivity contribution is 0.191. The maximum atomic E-state index is 5.05. The first-order valence-electron chi connectivity index (χ1n) is 5.08. The molecule has 1 N–H and O–H groups in total. The molecule has 0 unspecified atom stereocenters. The van der Waals surface area contributed by atoms with Gasteiger partial charge in [-0.2, -0.15) is 0 Å². The Kier molecular flexibility index (Phi) is 3.58. The summed E-state index contributed by atoms with van der Waals surface area (Å²) in [6.45, 7) is 1.57. The summed E-state index contributed by atoms with van der Waals surface area (Å²) in [5.74, 6) is 0. The van der Waals surface area contributed by atoms with Crippen LogP contribution in [0.15, 0.2) is 6.33 Å². The second-order valence-corrected chi connectivity index (χ2v) is 3.80. The number of hydrogen-bond donors (Lipinski definition) is 1. The Hall–Kier alpha value is -1.34. The van der Waals surface area contributed by atoms with Crippen LogP contribution in [0.25, 0.3) is 11.2 Å². The molecule has 0 aromatic carbocycles.